The van der Waals surface area contributed by atoms with Crippen molar-refractivity contribution in [2.75, 3.05) is 19.0 Å². The summed E-state index contributed by atoms with van der Waals surface area (Å²) in [7, 11) is 1.55. The third-order valence-electron chi connectivity index (χ3n) is 4.10. The topological polar surface area (TPSA) is 93.7 Å². The molecule has 7 nitrogen and oxygen atoms in total. The molecule has 0 bridgehead atoms. The van der Waals surface area contributed by atoms with Crippen molar-refractivity contribution >= 4 is 34.8 Å². The van der Waals surface area contributed by atoms with Crippen LogP contribution < -0.4 is 15.4 Å². The lowest BCUT2D eigenvalue weighted by molar-refractivity contribution is -0.124. The quantitative estimate of drug-likeness (QED) is 0.540. The van der Waals surface area contributed by atoms with Gasteiger partial charge in [0.2, 0.25) is 0 Å². The summed E-state index contributed by atoms with van der Waals surface area (Å²) < 4.78 is 10.3. The molecule has 0 unspecified atom stereocenters. The van der Waals surface area contributed by atoms with E-state index in [1.165, 1.54) is 17.4 Å². The van der Waals surface area contributed by atoms with Crippen LogP contribution in [0.3, 0.4) is 0 Å². The number of hydrogen-bond donors (Lipinski definition) is 2. The van der Waals surface area contributed by atoms with Gasteiger partial charge in [-0.25, -0.2) is 4.79 Å². The molecule has 1 heterocycles. The molecule has 0 radical (unpaired) electrons. The van der Waals surface area contributed by atoms with Crippen LogP contribution in [0.15, 0.2) is 66.0 Å². The summed E-state index contributed by atoms with van der Waals surface area (Å²) >= 11 is 1.32. The van der Waals surface area contributed by atoms with Crippen molar-refractivity contribution in [3.63, 3.8) is 0 Å². The van der Waals surface area contributed by atoms with Crippen molar-refractivity contribution in [2.45, 2.75) is 6.54 Å². The van der Waals surface area contributed by atoms with E-state index in [1.54, 1.807) is 43.5 Å². The molecule has 154 valence electrons. The van der Waals surface area contributed by atoms with Crippen molar-refractivity contribution in [2.24, 2.45) is 0 Å². The molecule has 1 aromatic heterocycles. The number of hydrogen-bond acceptors (Lipinski definition) is 6. The summed E-state index contributed by atoms with van der Waals surface area (Å²) in [6.45, 7) is -0.162. The van der Waals surface area contributed by atoms with Crippen LogP contribution in [0.4, 0.5) is 5.69 Å². The van der Waals surface area contributed by atoms with E-state index in [0.717, 1.165) is 5.56 Å². The number of carbonyl (C=O) groups excluding carboxylic acids is 3. The molecule has 0 saturated heterocycles. The lowest BCUT2D eigenvalue weighted by Gasteiger charge is -2.10. The Bertz CT molecular complexity index is 1030. The van der Waals surface area contributed by atoms with Crippen LogP contribution in [0, 0.1) is 0 Å². The number of nitrogens with one attached hydrogen (secondary N) is 2. The molecule has 2 N–H and O–H groups in total. The Morgan fingerprint density at radius 1 is 1.00 bits per heavy atom. The maximum Gasteiger partial charge on any atom is 0.338 e. The Balaban J connectivity index is 1.51. The molecule has 2 aromatic carbocycles. The molecular formula is C22H20N2O5S. The predicted molar refractivity (Wildman–Crippen MR) is 114 cm³/mol. The van der Waals surface area contributed by atoms with Crippen molar-refractivity contribution in [3.8, 4) is 5.75 Å². The van der Waals surface area contributed by atoms with E-state index in [4.69, 9.17) is 9.47 Å². The van der Waals surface area contributed by atoms with Crippen LogP contribution in [-0.2, 0) is 16.1 Å². The highest BCUT2D eigenvalue weighted by Crippen LogP contribution is 2.17. The van der Waals surface area contributed by atoms with E-state index in [9.17, 15) is 14.4 Å². The second-order valence-electron chi connectivity index (χ2n) is 6.18. The van der Waals surface area contributed by atoms with Crippen LogP contribution in [0.2, 0.25) is 0 Å². The number of esters is 1. The van der Waals surface area contributed by atoms with E-state index in [0.29, 0.717) is 16.3 Å². The summed E-state index contributed by atoms with van der Waals surface area (Å²) in [6, 6.07) is 17.2. The van der Waals surface area contributed by atoms with Crippen LogP contribution in [-0.4, -0.2) is 31.5 Å². The van der Waals surface area contributed by atoms with Gasteiger partial charge in [0.05, 0.1) is 17.6 Å². The first-order chi connectivity index (χ1) is 14.6. The Morgan fingerprint density at radius 3 is 2.60 bits per heavy atom. The van der Waals surface area contributed by atoms with Gasteiger partial charge in [0.15, 0.2) is 6.61 Å². The third-order valence-corrected chi connectivity index (χ3v) is 4.97. The van der Waals surface area contributed by atoms with Crippen LogP contribution in [0.25, 0.3) is 0 Å². The molecule has 3 aromatic rings. The zero-order valence-corrected chi connectivity index (χ0v) is 17.0. The Labute approximate surface area is 177 Å². The fourth-order valence-electron chi connectivity index (χ4n) is 2.63. The molecular weight excluding hydrogens is 404 g/mol. The largest absolute Gasteiger partial charge is 0.496 e. The standard InChI is InChI=1S/C22H20N2O5S/c1-28-18-9-3-2-6-16(18)13-23-20(25)14-29-22(27)15-7-4-8-17(12-15)24-21(26)19-10-5-11-30-19/h2-12H,13-14H2,1H3,(H,23,25)(H,24,26). The maximum absolute atomic E-state index is 12.3. The van der Waals surface area contributed by atoms with Gasteiger partial charge in [0.25, 0.3) is 11.8 Å². The maximum atomic E-state index is 12.3. The van der Waals surface area contributed by atoms with Crippen LogP contribution >= 0.6 is 11.3 Å². The highest BCUT2D eigenvalue weighted by molar-refractivity contribution is 7.12. The van der Waals surface area contributed by atoms with Crippen LogP contribution in [0.1, 0.15) is 25.6 Å². The van der Waals surface area contributed by atoms with E-state index >= 15 is 0 Å². The highest BCUT2D eigenvalue weighted by Gasteiger charge is 2.13. The SMILES string of the molecule is COc1ccccc1CNC(=O)COC(=O)c1cccc(NC(=O)c2cccs2)c1. The van der Waals surface area contributed by atoms with Crippen molar-refractivity contribution < 1.29 is 23.9 Å². The minimum Gasteiger partial charge on any atom is -0.496 e. The Kier molecular flexibility index (Phi) is 7.18. The lowest BCUT2D eigenvalue weighted by atomic mass is 10.2. The first kappa shape index (κ1) is 21.1. The molecule has 2 amide bonds. The van der Waals surface area contributed by atoms with E-state index in [2.05, 4.69) is 10.6 Å². The highest BCUT2D eigenvalue weighted by atomic mass is 32.1. The van der Waals surface area contributed by atoms with Gasteiger partial charge in [-0.05, 0) is 35.7 Å². The van der Waals surface area contributed by atoms with E-state index in [-0.39, 0.29) is 18.0 Å². The summed E-state index contributed by atoms with van der Waals surface area (Å²) in [5, 5.41) is 7.22. The summed E-state index contributed by atoms with van der Waals surface area (Å²) in [5.74, 6) is -0.687. The van der Waals surface area contributed by atoms with Gasteiger partial charge < -0.3 is 20.1 Å². The minimum absolute atomic E-state index is 0.233. The Hall–Kier alpha value is -3.65. The molecule has 3 rings (SSSR count). The van der Waals surface area contributed by atoms with E-state index in [1.807, 2.05) is 23.6 Å². The Morgan fingerprint density at radius 2 is 1.83 bits per heavy atom. The van der Waals surface area contributed by atoms with Gasteiger partial charge in [-0.3, -0.25) is 9.59 Å². The smallest absolute Gasteiger partial charge is 0.338 e. The molecule has 0 aliphatic rings. The first-order valence-electron chi connectivity index (χ1n) is 9.07. The van der Waals surface area contributed by atoms with Crippen molar-refractivity contribution in [1.82, 2.24) is 5.32 Å². The molecule has 0 atom stereocenters. The number of rotatable bonds is 8. The average Bonchev–Trinajstić information content (AvgIpc) is 3.31. The number of carbonyl (C=O) groups is 3. The number of thiophene rings is 1. The van der Waals surface area contributed by atoms with Crippen LogP contribution in [0.5, 0.6) is 5.75 Å². The number of ether oxygens (including phenoxy) is 2. The first-order valence-corrected chi connectivity index (χ1v) is 9.95. The van der Waals surface area contributed by atoms with Gasteiger partial charge >= 0.3 is 5.97 Å². The number of methoxy groups -OCH3 is 1. The lowest BCUT2D eigenvalue weighted by Crippen LogP contribution is -2.28. The predicted octanol–water partition coefficient (Wildman–Crippen LogP) is 3.48. The van der Waals surface area contributed by atoms with Gasteiger partial charge in [0.1, 0.15) is 5.75 Å². The molecule has 0 aliphatic carbocycles. The van der Waals surface area contributed by atoms with Gasteiger partial charge in [0, 0.05) is 17.8 Å². The zero-order valence-electron chi connectivity index (χ0n) is 16.2. The number of para-hydroxylation sites is 1. The molecule has 0 aliphatic heterocycles. The number of anilines is 1. The third kappa shape index (κ3) is 5.68. The van der Waals surface area contributed by atoms with Crippen molar-refractivity contribution in [1.29, 1.82) is 0 Å². The molecule has 0 saturated carbocycles. The van der Waals surface area contributed by atoms with E-state index < -0.39 is 18.5 Å². The zero-order chi connectivity index (χ0) is 21.3. The fourth-order valence-corrected chi connectivity index (χ4v) is 3.25. The summed E-state index contributed by atoms with van der Waals surface area (Å²) in [6.07, 6.45) is 0. The second kappa shape index (κ2) is 10.2. The van der Waals surface area contributed by atoms with Gasteiger partial charge in [-0.2, -0.15) is 0 Å². The number of benzene rings is 2. The van der Waals surface area contributed by atoms with Gasteiger partial charge in [-0.1, -0.05) is 30.3 Å². The molecule has 0 spiro atoms. The fraction of sp³-hybridized carbons (Fsp3) is 0.136. The molecule has 30 heavy (non-hydrogen) atoms. The average molecular weight is 424 g/mol. The van der Waals surface area contributed by atoms with Crippen molar-refractivity contribution in [3.05, 3.63) is 82.0 Å². The minimum atomic E-state index is -0.658. The molecule has 0 fully saturated rings. The monoisotopic (exact) mass is 424 g/mol. The summed E-state index contributed by atoms with van der Waals surface area (Å²) in [4.78, 5) is 37.0. The summed E-state index contributed by atoms with van der Waals surface area (Å²) in [5.41, 5.74) is 1.51. The second-order valence-corrected chi connectivity index (χ2v) is 7.12. The van der Waals surface area contributed by atoms with Gasteiger partial charge in [-0.15, -0.1) is 11.3 Å². The number of amides is 2. The molecule has 8 heteroatoms. The normalized spacial score (nSPS) is 10.2.